The molecule has 1 fully saturated rings. The molecule has 1 N–H and O–H groups in total. The largest absolute Gasteiger partial charge is 0.490 e. The highest BCUT2D eigenvalue weighted by atomic mass is 79.9. The first-order valence-corrected chi connectivity index (χ1v) is 11.3. The second kappa shape index (κ2) is 11.1. The van der Waals surface area contributed by atoms with Crippen LogP contribution in [0.2, 0.25) is 0 Å². The molecule has 0 aliphatic carbocycles. The molecule has 0 unspecified atom stereocenters. The van der Waals surface area contributed by atoms with E-state index in [-0.39, 0.29) is 24.9 Å². The average Bonchev–Trinajstić information content (AvgIpc) is 3.10. The van der Waals surface area contributed by atoms with Crippen molar-refractivity contribution in [1.82, 2.24) is 5.32 Å². The number of nitrogens with one attached hydrogen (secondary N) is 1. The number of benzene rings is 2. The summed E-state index contributed by atoms with van der Waals surface area (Å²) in [4.78, 5) is 28.7. The fourth-order valence-electron chi connectivity index (χ4n) is 2.64. The number of carbonyl (C=O) groups is 2. The summed E-state index contributed by atoms with van der Waals surface area (Å²) in [5.41, 5.74) is 1.20. The van der Waals surface area contributed by atoms with E-state index in [1.165, 1.54) is 36.0 Å². The number of rotatable bonds is 8. The fourth-order valence-corrected chi connectivity index (χ4v) is 3.91. The van der Waals surface area contributed by atoms with Gasteiger partial charge < -0.3 is 19.5 Å². The lowest BCUT2D eigenvalue weighted by Crippen LogP contribution is -2.19. The van der Waals surface area contributed by atoms with Crippen LogP contribution in [0.25, 0.3) is 6.08 Å². The van der Waals surface area contributed by atoms with Crippen molar-refractivity contribution in [3.8, 4) is 11.5 Å². The van der Waals surface area contributed by atoms with Crippen LogP contribution in [0.15, 0.2) is 50.8 Å². The molecule has 1 aliphatic heterocycles. The maximum absolute atomic E-state index is 13.1. The number of hydrogen-bond donors (Lipinski definition) is 1. The molecule has 32 heavy (non-hydrogen) atoms. The van der Waals surface area contributed by atoms with Gasteiger partial charge in [0, 0.05) is 4.47 Å². The van der Waals surface area contributed by atoms with Gasteiger partial charge in [-0.25, -0.2) is 14.2 Å². The normalized spacial score (nSPS) is 15.7. The van der Waals surface area contributed by atoms with E-state index in [1.54, 1.807) is 25.1 Å². The Morgan fingerprint density at radius 2 is 1.88 bits per heavy atom. The Labute approximate surface area is 197 Å². The van der Waals surface area contributed by atoms with Gasteiger partial charge in [-0.05, 0) is 73.6 Å². The zero-order valence-corrected chi connectivity index (χ0v) is 19.7. The van der Waals surface area contributed by atoms with E-state index in [4.69, 9.17) is 14.2 Å². The van der Waals surface area contributed by atoms with Gasteiger partial charge in [-0.3, -0.25) is 4.79 Å². The first kappa shape index (κ1) is 23.8. The van der Waals surface area contributed by atoms with Crippen molar-refractivity contribution < 1.29 is 28.2 Å². The van der Waals surface area contributed by atoms with Crippen molar-refractivity contribution in [2.45, 2.75) is 13.8 Å². The number of nitrogens with zero attached hydrogens (tertiary/aromatic N) is 1. The Hall–Kier alpha value is -2.85. The van der Waals surface area contributed by atoms with Crippen LogP contribution in [-0.4, -0.2) is 36.9 Å². The maximum atomic E-state index is 13.1. The second-order valence-electron chi connectivity index (χ2n) is 6.31. The summed E-state index contributed by atoms with van der Waals surface area (Å²) < 4.78 is 29.8. The molecule has 0 saturated carbocycles. The molecule has 10 heteroatoms. The van der Waals surface area contributed by atoms with Crippen molar-refractivity contribution in [2.75, 3.05) is 19.8 Å². The molecule has 0 radical (unpaired) electrons. The standard InChI is InChI=1S/C22H20BrFN2O5S/c1-3-29-17-9-13(16(23)11-18(17)31-12-20(27)30-4-2)10-19-21(28)26-22(32-19)25-15-7-5-14(24)6-8-15/h5-11H,3-4,12H2,1-2H3,(H,25,26,28)/b19-10+. The monoisotopic (exact) mass is 522 g/mol. The number of carbonyl (C=O) groups excluding carboxylic acids is 2. The van der Waals surface area contributed by atoms with E-state index in [1.807, 2.05) is 6.92 Å². The molecule has 0 bridgehead atoms. The highest BCUT2D eigenvalue weighted by Gasteiger charge is 2.24. The minimum Gasteiger partial charge on any atom is -0.490 e. The lowest BCUT2D eigenvalue weighted by molar-refractivity contribution is -0.145. The van der Waals surface area contributed by atoms with Crippen LogP contribution in [0.4, 0.5) is 10.1 Å². The third kappa shape index (κ3) is 6.33. The van der Waals surface area contributed by atoms with Gasteiger partial charge in [-0.15, -0.1) is 0 Å². The number of thioether (sulfide) groups is 1. The minimum absolute atomic E-state index is 0.248. The molecule has 0 spiro atoms. The molecule has 1 amide bonds. The molecule has 7 nitrogen and oxygen atoms in total. The van der Waals surface area contributed by atoms with Gasteiger partial charge >= 0.3 is 5.97 Å². The fraction of sp³-hybridized carbons (Fsp3) is 0.227. The van der Waals surface area contributed by atoms with Crippen LogP contribution in [0, 0.1) is 5.82 Å². The summed E-state index contributed by atoms with van der Waals surface area (Å²) in [7, 11) is 0. The first-order valence-electron chi connectivity index (χ1n) is 9.69. The molecule has 1 aliphatic rings. The topological polar surface area (TPSA) is 86.2 Å². The van der Waals surface area contributed by atoms with Crippen LogP contribution in [0.5, 0.6) is 11.5 Å². The highest BCUT2D eigenvalue weighted by molar-refractivity contribution is 9.10. The molecule has 0 aromatic heterocycles. The molecule has 1 heterocycles. The third-order valence-corrected chi connectivity index (χ3v) is 5.61. The predicted octanol–water partition coefficient (Wildman–Crippen LogP) is 4.82. The van der Waals surface area contributed by atoms with Crippen molar-refractivity contribution in [2.24, 2.45) is 4.99 Å². The number of esters is 1. The van der Waals surface area contributed by atoms with E-state index in [9.17, 15) is 14.0 Å². The van der Waals surface area contributed by atoms with Crippen molar-refractivity contribution in [3.63, 3.8) is 0 Å². The molecule has 1 saturated heterocycles. The summed E-state index contributed by atoms with van der Waals surface area (Å²) in [6, 6.07) is 9.03. The van der Waals surface area contributed by atoms with Gasteiger partial charge in [0.15, 0.2) is 23.3 Å². The van der Waals surface area contributed by atoms with Gasteiger partial charge in [0.05, 0.1) is 23.8 Å². The number of halogens is 2. The first-order chi connectivity index (χ1) is 15.4. The summed E-state index contributed by atoms with van der Waals surface area (Å²) in [6.07, 6.45) is 1.69. The van der Waals surface area contributed by atoms with Crippen LogP contribution < -0.4 is 14.8 Å². The summed E-state index contributed by atoms with van der Waals surface area (Å²) in [5.74, 6) is -0.346. The van der Waals surface area contributed by atoms with E-state index in [0.717, 1.165) is 0 Å². The quantitative estimate of drug-likeness (QED) is 0.395. The molecule has 2 aromatic rings. The molecule has 0 atom stereocenters. The van der Waals surface area contributed by atoms with Gasteiger partial charge in [0.2, 0.25) is 0 Å². The SMILES string of the molecule is CCOC(=O)COc1cc(Br)c(/C=C2/SC(=Nc3ccc(F)cc3)NC2=O)cc1OCC. The Bertz CT molecular complexity index is 1070. The number of ether oxygens (including phenoxy) is 3. The average molecular weight is 523 g/mol. The number of amides is 1. The molecule has 168 valence electrons. The van der Waals surface area contributed by atoms with Crippen LogP contribution in [0.3, 0.4) is 0 Å². The number of aliphatic imine (C=N–C) groups is 1. The van der Waals surface area contributed by atoms with Crippen LogP contribution >= 0.6 is 27.7 Å². The summed E-state index contributed by atoms with van der Waals surface area (Å²) >= 11 is 4.64. The Morgan fingerprint density at radius 1 is 1.16 bits per heavy atom. The van der Waals surface area contributed by atoms with Crippen molar-refractivity contribution >= 4 is 56.5 Å². The van der Waals surface area contributed by atoms with E-state index in [2.05, 4.69) is 26.2 Å². The van der Waals surface area contributed by atoms with E-state index in [0.29, 0.717) is 43.9 Å². The zero-order chi connectivity index (χ0) is 23.1. The van der Waals surface area contributed by atoms with E-state index >= 15 is 0 Å². The third-order valence-electron chi connectivity index (χ3n) is 4.01. The second-order valence-corrected chi connectivity index (χ2v) is 8.19. The number of amidine groups is 1. The molecular weight excluding hydrogens is 503 g/mol. The van der Waals surface area contributed by atoms with Gasteiger partial charge in [-0.1, -0.05) is 15.9 Å². The van der Waals surface area contributed by atoms with Gasteiger partial charge in [0.25, 0.3) is 5.91 Å². The molecule has 2 aromatic carbocycles. The predicted molar refractivity (Wildman–Crippen MR) is 125 cm³/mol. The minimum atomic E-state index is -0.482. The van der Waals surface area contributed by atoms with Crippen LogP contribution in [-0.2, 0) is 14.3 Å². The zero-order valence-electron chi connectivity index (χ0n) is 17.3. The lowest BCUT2D eigenvalue weighted by atomic mass is 10.2. The Kier molecular flexibility index (Phi) is 8.29. The molecule has 3 rings (SSSR count). The van der Waals surface area contributed by atoms with Gasteiger partial charge in [-0.2, -0.15) is 0 Å². The Balaban J connectivity index is 1.82. The summed E-state index contributed by atoms with van der Waals surface area (Å²) in [6.45, 7) is 3.95. The van der Waals surface area contributed by atoms with Crippen molar-refractivity contribution in [3.05, 3.63) is 57.2 Å². The lowest BCUT2D eigenvalue weighted by Gasteiger charge is -2.13. The van der Waals surface area contributed by atoms with Gasteiger partial charge in [0.1, 0.15) is 5.82 Å². The van der Waals surface area contributed by atoms with Crippen molar-refractivity contribution in [1.29, 1.82) is 0 Å². The smallest absolute Gasteiger partial charge is 0.344 e. The van der Waals surface area contributed by atoms with E-state index < -0.39 is 5.97 Å². The highest BCUT2D eigenvalue weighted by Crippen LogP contribution is 2.37. The Morgan fingerprint density at radius 3 is 2.56 bits per heavy atom. The summed E-state index contributed by atoms with van der Waals surface area (Å²) in [5, 5.41) is 3.08. The van der Waals surface area contributed by atoms with Crippen LogP contribution in [0.1, 0.15) is 19.4 Å². The number of hydrogen-bond acceptors (Lipinski definition) is 7. The maximum Gasteiger partial charge on any atom is 0.344 e. The molecular formula is C22H20BrFN2O5S.